The summed E-state index contributed by atoms with van der Waals surface area (Å²) in [4.78, 5) is 14.2. The second-order valence-corrected chi connectivity index (χ2v) is 4.48. The number of hydrogen-bond donors (Lipinski definition) is 1. The molecular weight excluding hydrogens is 245 g/mol. The molecule has 1 saturated heterocycles. The van der Waals surface area contributed by atoms with Gasteiger partial charge in [0.1, 0.15) is 5.82 Å². The Labute approximate surface area is 110 Å². The van der Waals surface area contributed by atoms with E-state index < -0.39 is 0 Å². The van der Waals surface area contributed by atoms with Crippen LogP contribution >= 0.6 is 0 Å². The first-order chi connectivity index (χ1) is 9.33. The van der Waals surface area contributed by atoms with Crippen molar-refractivity contribution in [1.29, 1.82) is 0 Å². The van der Waals surface area contributed by atoms with E-state index in [0.29, 0.717) is 12.4 Å². The maximum absolute atomic E-state index is 13.6. The van der Waals surface area contributed by atoms with Crippen LogP contribution in [-0.4, -0.2) is 34.1 Å². The first kappa shape index (κ1) is 11.8. The fourth-order valence-electron chi connectivity index (χ4n) is 2.26. The molecule has 1 fully saturated rings. The summed E-state index contributed by atoms with van der Waals surface area (Å²) in [6, 6.07) is 3.27. The average Bonchev–Trinajstić information content (AvgIpc) is 2.89. The Morgan fingerprint density at radius 2 is 2.21 bits per heavy atom. The van der Waals surface area contributed by atoms with E-state index in [4.69, 9.17) is 0 Å². The fourth-order valence-corrected chi connectivity index (χ4v) is 2.26. The van der Waals surface area contributed by atoms with Crippen LogP contribution in [0.15, 0.2) is 36.9 Å². The number of rotatable bonds is 3. The van der Waals surface area contributed by atoms with Gasteiger partial charge in [0.25, 0.3) is 0 Å². The van der Waals surface area contributed by atoms with Gasteiger partial charge in [-0.15, -0.1) is 0 Å². The van der Waals surface area contributed by atoms with Gasteiger partial charge in [-0.1, -0.05) is 0 Å². The quantitative estimate of drug-likeness (QED) is 0.909. The summed E-state index contributed by atoms with van der Waals surface area (Å²) in [5, 5.41) is 3.29. The molecule has 1 aliphatic rings. The van der Waals surface area contributed by atoms with Gasteiger partial charge >= 0.3 is 0 Å². The molecule has 1 atom stereocenters. The molecule has 0 saturated carbocycles. The van der Waals surface area contributed by atoms with Crippen LogP contribution in [0.3, 0.4) is 0 Å². The summed E-state index contributed by atoms with van der Waals surface area (Å²) < 4.78 is 13.6. The fraction of sp³-hybridized carbons (Fsp3) is 0.308. The van der Waals surface area contributed by atoms with Gasteiger partial charge in [0, 0.05) is 37.7 Å². The van der Waals surface area contributed by atoms with E-state index in [0.717, 1.165) is 18.8 Å². The third kappa shape index (κ3) is 2.62. The molecule has 1 unspecified atom stereocenters. The molecular formula is C13H14FN5. The Morgan fingerprint density at radius 3 is 3.00 bits per heavy atom. The highest BCUT2D eigenvalue weighted by molar-refractivity contribution is 5.43. The number of hydrogen-bond acceptors (Lipinski definition) is 5. The Bertz CT molecular complexity index is 548. The molecule has 3 rings (SSSR count). The predicted octanol–water partition coefficient (Wildman–Crippen LogP) is 1.70. The molecule has 6 heteroatoms. The van der Waals surface area contributed by atoms with Gasteiger partial charge in [0.05, 0.1) is 6.20 Å². The zero-order chi connectivity index (χ0) is 13.1. The molecule has 98 valence electrons. The monoisotopic (exact) mass is 259 g/mol. The summed E-state index contributed by atoms with van der Waals surface area (Å²) in [6.45, 7) is 1.50. The van der Waals surface area contributed by atoms with Crippen molar-refractivity contribution in [3.8, 4) is 0 Å². The molecule has 0 radical (unpaired) electrons. The molecule has 0 amide bonds. The van der Waals surface area contributed by atoms with E-state index in [1.54, 1.807) is 30.9 Å². The van der Waals surface area contributed by atoms with Gasteiger partial charge in [-0.05, 0) is 18.6 Å². The van der Waals surface area contributed by atoms with Crippen LogP contribution in [0.4, 0.5) is 16.0 Å². The zero-order valence-corrected chi connectivity index (χ0v) is 10.3. The number of halogens is 1. The maximum Gasteiger partial charge on any atom is 0.165 e. The van der Waals surface area contributed by atoms with Gasteiger partial charge in [-0.3, -0.25) is 4.98 Å². The summed E-state index contributed by atoms with van der Waals surface area (Å²) in [5.74, 6) is 0.893. The van der Waals surface area contributed by atoms with E-state index in [9.17, 15) is 4.39 Å². The lowest BCUT2D eigenvalue weighted by Crippen LogP contribution is -2.27. The van der Waals surface area contributed by atoms with Gasteiger partial charge in [-0.25, -0.2) is 14.4 Å². The van der Waals surface area contributed by atoms with E-state index in [1.165, 1.54) is 6.07 Å². The van der Waals surface area contributed by atoms with Crippen molar-refractivity contribution >= 4 is 11.6 Å². The van der Waals surface area contributed by atoms with Crippen molar-refractivity contribution in [3.05, 3.63) is 42.7 Å². The summed E-state index contributed by atoms with van der Waals surface area (Å²) >= 11 is 0. The molecule has 0 aromatic carbocycles. The lowest BCUT2D eigenvalue weighted by Gasteiger charge is -2.18. The summed E-state index contributed by atoms with van der Waals surface area (Å²) in [5.41, 5.74) is 0. The number of anilines is 2. The molecule has 5 nitrogen and oxygen atoms in total. The lowest BCUT2D eigenvalue weighted by molar-refractivity contribution is 0.615. The highest BCUT2D eigenvalue weighted by atomic mass is 19.1. The minimum absolute atomic E-state index is 0.234. The van der Waals surface area contributed by atoms with E-state index >= 15 is 0 Å². The predicted molar refractivity (Wildman–Crippen MR) is 70.5 cm³/mol. The molecule has 1 N–H and O–H groups in total. The number of pyridine rings is 1. The largest absolute Gasteiger partial charge is 0.364 e. The molecule has 0 aliphatic carbocycles. The van der Waals surface area contributed by atoms with Gasteiger partial charge in [-0.2, -0.15) is 0 Å². The minimum Gasteiger partial charge on any atom is -0.364 e. The Balaban J connectivity index is 1.66. The minimum atomic E-state index is -0.275. The summed E-state index contributed by atoms with van der Waals surface area (Å²) in [7, 11) is 0. The van der Waals surface area contributed by atoms with Crippen LogP contribution < -0.4 is 10.2 Å². The van der Waals surface area contributed by atoms with Crippen molar-refractivity contribution in [3.63, 3.8) is 0 Å². The molecule has 2 aromatic rings. The van der Waals surface area contributed by atoms with Crippen LogP contribution in [-0.2, 0) is 0 Å². The number of nitrogens with one attached hydrogen (secondary N) is 1. The smallest absolute Gasteiger partial charge is 0.165 e. The molecule has 0 bridgehead atoms. The van der Waals surface area contributed by atoms with Crippen molar-refractivity contribution in [1.82, 2.24) is 15.0 Å². The molecule has 0 spiro atoms. The SMILES string of the molecule is Fc1cccnc1N1CCC(Nc2cnccn2)C1. The zero-order valence-electron chi connectivity index (χ0n) is 10.3. The van der Waals surface area contributed by atoms with Crippen molar-refractivity contribution in [2.24, 2.45) is 0 Å². The van der Waals surface area contributed by atoms with Crippen molar-refractivity contribution in [2.75, 3.05) is 23.3 Å². The summed E-state index contributed by atoms with van der Waals surface area (Å²) in [6.07, 6.45) is 7.50. The molecule has 19 heavy (non-hydrogen) atoms. The highest BCUT2D eigenvalue weighted by Gasteiger charge is 2.25. The van der Waals surface area contributed by atoms with Crippen LogP contribution in [0.1, 0.15) is 6.42 Å². The third-order valence-electron chi connectivity index (χ3n) is 3.14. The van der Waals surface area contributed by atoms with Gasteiger partial charge in [0.2, 0.25) is 0 Å². The number of nitrogens with zero attached hydrogens (tertiary/aromatic N) is 4. The Kier molecular flexibility index (Phi) is 3.22. The van der Waals surface area contributed by atoms with Gasteiger partial charge < -0.3 is 10.2 Å². The standard InChI is InChI=1S/C13H14FN5/c14-11-2-1-4-17-13(11)19-7-3-10(9-19)18-12-8-15-5-6-16-12/h1-2,4-6,8,10H,3,7,9H2,(H,16,18). The first-order valence-electron chi connectivity index (χ1n) is 6.21. The Hall–Kier alpha value is -2.24. The maximum atomic E-state index is 13.6. The van der Waals surface area contributed by atoms with Crippen molar-refractivity contribution < 1.29 is 4.39 Å². The molecule has 1 aliphatic heterocycles. The normalized spacial score (nSPS) is 18.6. The third-order valence-corrected chi connectivity index (χ3v) is 3.14. The van der Waals surface area contributed by atoms with E-state index in [1.807, 2.05) is 4.90 Å². The number of aromatic nitrogens is 3. The van der Waals surface area contributed by atoms with Crippen LogP contribution in [0.25, 0.3) is 0 Å². The second-order valence-electron chi connectivity index (χ2n) is 4.48. The average molecular weight is 259 g/mol. The second kappa shape index (κ2) is 5.17. The molecule has 2 aromatic heterocycles. The topological polar surface area (TPSA) is 53.9 Å². The van der Waals surface area contributed by atoms with Crippen LogP contribution in [0, 0.1) is 5.82 Å². The highest BCUT2D eigenvalue weighted by Crippen LogP contribution is 2.22. The van der Waals surface area contributed by atoms with Crippen molar-refractivity contribution in [2.45, 2.75) is 12.5 Å². The first-order valence-corrected chi connectivity index (χ1v) is 6.21. The lowest BCUT2D eigenvalue weighted by atomic mass is 10.3. The van der Waals surface area contributed by atoms with Crippen LogP contribution in [0.5, 0.6) is 0 Å². The Morgan fingerprint density at radius 1 is 1.26 bits per heavy atom. The van der Waals surface area contributed by atoms with Crippen LogP contribution in [0.2, 0.25) is 0 Å². The van der Waals surface area contributed by atoms with E-state index in [2.05, 4.69) is 20.3 Å². The molecule has 3 heterocycles. The van der Waals surface area contributed by atoms with Gasteiger partial charge in [0.15, 0.2) is 11.6 Å². The van der Waals surface area contributed by atoms with E-state index in [-0.39, 0.29) is 11.9 Å².